The molecular formula is C10H18F3N3O. The second-order valence-corrected chi connectivity index (χ2v) is 4.30. The number of amides is 1. The fourth-order valence-electron chi connectivity index (χ4n) is 1.95. The molecule has 1 rings (SSSR count). The van der Waals surface area contributed by atoms with Gasteiger partial charge in [-0.25, -0.2) is 0 Å². The van der Waals surface area contributed by atoms with Crippen LogP contribution in [0.25, 0.3) is 0 Å². The average Bonchev–Trinajstić information content (AvgIpc) is 2.19. The Balaban J connectivity index is 2.47. The van der Waals surface area contributed by atoms with E-state index in [0.717, 1.165) is 0 Å². The van der Waals surface area contributed by atoms with Crippen molar-refractivity contribution in [1.29, 1.82) is 0 Å². The molecule has 1 atom stereocenters. The zero-order chi connectivity index (χ0) is 13.1. The molecule has 0 radical (unpaired) electrons. The van der Waals surface area contributed by atoms with Crippen LogP contribution < -0.4 is 5.32 Å². The summed E-state index contributed by atoms with van der Waals surface area (Å²) >= 11 is 0. The average molecular weight is 253 g/mol. The lowest BCUT2D eigenvalue weighted by atomic mass is 10.2. The van der Waals surface area contributed by atoms with E-state index in [2.05, 4.69) is 5.32 Å². The summed E-state index contributed by atoms with van der Waals surface area (Å²) in [6.45, 7) is 2.03. The number of hydrogen-bond acceptors (Lipinski definition) is 3. The van der Waals surface area contributed by atoms with Crippen molar-refractivity contribution < 1.29 is 18.0 Å². The van der Waals surface area contributed by atoms with Crippen LogP contribution in [0.5, 0.6) is 0 Å². The van der Waals surface area contributed by atoms with E-state index in [9.17, 15) is 18.0 Å². The Bertz CT molecular complexity index is 270. The molecule has 1 saturated heterocycles. The Morgan fingerprint density at radius 3 is 2.53 bits per heavy atom. The van der Waals surface area contributed by atoms with Gasteiger partial charge in [0, 0.05) is 25.7 Å². The molecule has 1 N–H and O–H groups in total. The zero-order valence-corrected chi connectivity index (χ0v) is 10.0. The number of piperazine rings is 1. The first-order valence-corrected chi connectivity index (χ1v) is 5.56. The predicted molar refractivity (Wildman–Crippen MR) is 57.6 cm³/mol. The van der Waals surface area contributed by atoms with E-state index in [-0.39, 0.29) is 25.0 Å². The maximum Gasteiger partial charge on any atom is 0.401 e. The van der Waals surface area contributed by atoms with Crippen molar-refractivity contribution in [2.75, 3.05) is 39.8 Å². The van der Waals surface area contributed by atoms with E-state index >= 15 is 0 Å². The molecule has 0 aliphatic carbocycles. The number of likely N-dealkylation sites (N-methyl/N-ethyl adjacent to an activating group) is 1. The summed E-state index contributed by atoms with van der Waals surface area (Å²) in [6.07, 6.45) is -4.18. The molecule has 7 heteroatoms. The van der Waals surface area contributed by atoms with Crippen molar-refractivity contribution in [3.8, 4) is 0 Å². The van der Waals surface area contributed by atoms with E-state index in [0.29, 0.717) is 13.1 Å². The number of rotatable bonds is 3. The number of nitrogens with one attached hydrogen (secondary N) is 1. The largest absolute Gasteiger partial charge is 0.401 e. The molecule has 1 amide bonds. The molecule has 0 spiro atoms. The molecular weight excluding hydrogens is 235 g/mol. The van der Waals surface area contributed by atoms with E-state index in [1.54, 1.807) is 18.9 Å². The van der Waals surface area contributed by atoms with Crippen molar-refractivity contribution in [2.45, 2.75) is 19.1 Å². The molecule has 1 heterocycles. The van der Waals surface area contributed by atoms with Crippen LogP contribution in [0.4, 0.5) is 13.2 Å². The third-order valence-corrected chi connectivity index (χ3v) is 2.83. The van der Waals surface area contributed by atoms with Gasteiger partial charge in [0.25, 0.3) is 0 Å². The van der Waals surface area contributed by atoms with E-state index < -0.39 is 12.7 Å². The van der Waals surface area contributed by atoms with Crippen LogP contribution in [0.3, 0.4) is 0 Å². The van der Waals surface area contributed by atoms with Gasteiger partial charge in [-0.1, -0.05) is 0 Å². The van der Waals surface area contributed by atoms with Gasteiger partial charge in [-0.15, -0.1) is 0 Å². The molecule has 0 aromatic carbocycles. The van der Waals surface area contributed by atoms with Crippen molar-refractivity contribution >= 4 is 5.91 Å². The minimum absolute atomic E-state index is 0.0639. The number of nitrogens with zero attached hydrogens (tertiary/aromatic N) is 2. The second kappa shape index (κ2) is 5.68. The fourth-order valence-corrected chi connectivity index (χ4v) is 1.95. The highest BCUT2D eigenvalue weighted by Crippen LogP contribution is 2.20. The van der Waals surface area contributed by atoms with E-state index in [4.69, 9.17) is 0 Å². The first-order valence-electron chi connectivity index (χ1n) is 5.56. The predicted octanol–water partition coefficient (Wildman–Crippen LogP) is 0.301. The fraction of sp³-hybridized carbons (Fsp3) is 0.900. The lowest BCUT2D eigenvalue weighted by Gasteiger charge is -2.40. The van der Waals surface area contributed by atoms with Gasteiger partial charge in [-0.3, -0.25) is 9.69 Å². The molecule has 100 valence electrons. The smallest absolute Gasteiger partial charge is 0.339 e. The lowest BCUT2D eigenvalue weighted by Crippen LogP contribution is -2.56. The summed E-state index contributed by atoms with van der Waals surface area (Å²) in [6, 6.07) is -0.258. The maximum atomic E-state index is 12.3. The van der Waals surface area contributed by atoms with Crippen LogP contribution >= 0.6 is 0 Å². The highest BCUT2D eigenvalue weighted by atomic mass is 19.4. The minimum Gasteiger partial charge on any atom is -0.339 e. The molecule has 4 nitrogen and oxygen atoms in total. The van der Waals surface area contributed by atoms with Crippen LogP contribution in [0.15, 0.2) is 0 Å². The summed E-state index contributed by atoms with van der Waals surface area (Å²) < 4.78 is 36.8. The maximum absolute atomic E-state index is 12.3. The SMILES string of the molecule is CNCC(=O)N1CCN(CC(F)(F)F)C(C)C1. The van der Waals surface area contributed by atoms with Gasteiger partial charge in [-0.2, -0.15) is 13.2 Å². The van der Waals surface area contributed by atoms with Crippen molar-refractivity contribution in [3.63, 3.8) is 0 Å². The van der Waals surface area contributed by atoms with Crippen LogP contribution in [-0.2, 0) is 4.79 Å². The van der Waals surface area contributed by atoms with Gasteiger partial charge >= 0.3 is 6.18 Å². The monoisotopic (exact) mass is 253 g/mol. The lowest BCUT2D eigenvalue weighted by molar-refractivity contribution is -0.157. The Labute approximate surface area is 98.7 Å². The van der Waals surface area contributed by atoms with Gasteiger partial charge in [0.1, 0.15) is 0 Å². The molecule has 0 aromatic rings. The number of halogens is 3. The highest BCUT2D eigenvalue weighted by Gasteiger charge is 2.35. The number of carbonyl (C=O) groups is 1. The highest BCUT2D eigenvalue weighted by molar-refractivity contribution is 5.78. The van der Waals surface area contributed by atoms with Gasteiger partial charge in [-0.05, 0) is 14.0 Å². The summed E-state index contributed by atoms with van der Waals surface area (Å²) in [7, 11) is 1.67. The third kappa shape index (κ3) is 4.51. The molecule has 1 fully saturated rings. The minimum atomic E-state index is -4.18. The Morgan fingerprint density at radius 1 is 1.41 bits per heavy atom. The number of hydrogen-bond donors (Lipinski definition) is 1. The van der Waals surface area contributed by atoms with E-state index in [1.165, 1.54) is 4.90 Å². The Hall–Kier alpha value is -0.820. The quantitative estimate of drug-likeness (QED) is 0.786. The number of alkyl halides is 3. The standard InChI is InChI=1S/C10H18F3N3O/c1-8-6-15(9(17)5-14-2)3-4-16(8)7-10(11,12)13/h8,14H,3-7H2,1-2H3. The van der Waals surface area contributed by atoms with E-state index in [1.807, 2.05) is 0 Å². The topological polar surface area (TPSA) is 35.6 Å². The first kappa shape index (κ1) is 14.2. The Kier molecular flexibility index (Phi) is 4.76. The van der Waals surface area contributed by atoms with Crippen molar-refractivity contribution in [3.05, 3.63) is 0 Å². The molecule has 0 saturated carbocycles. The van der Waals surface area contributed by atoms with Crippen molar-refractivity contribution in [2.24, 2.45) is 0 Å². The van der Waals surface area contributed by atoms with Gasteiger partial charge < -0.3 is 10.2 Å². The third-order valence-electron chi connectivity index (χ3n) is 2.83. The Morgan fingerprint density at radius 2 is 2.06 bits per heavy atom. The van der Waals surface area contributed by atoms with Gasteiger partial charge in [0.2, 0.25) is 5.91 Å². The van der Waals surface area contributed by atoms with Gasteiger partial charge in [0.05, 0.1) is 13.1 Å². The summed E-state index contributed by atoms with van der Waals surface area (Å²) in [5.41, 5.74) is 0. The molecule has 17 heavy (non-hydrogen) atoms. The van der Waals surface area contributed by atoms with Gasteiger partial charge in [0.15, 0.2) is 0 Å². The van der Waals surface area contributed by atoms with Crippen molar-refractivity contribution in [1.82, 2.24) is 15.1 Å². The number of carbonyl (C=O) groups excluding carboxylic acids is 1. The molecule has 1 unspecified atom stereocenters. The van der Waals surface area contributed by atoms with Crippen LogP contribution in [0.1, 0.15) is 6.92 Å². The normalized spacial score (nSPS) is 22.9. The van der Waals surface area contributed by atoms with Crippen LogP contribution in [0, 0.1) is 0 Å². The molecule has 1 aliphatic heterocycles. The molecule has 0 bridgehead atoms. The zero-order valence-electron chi connectivity index (χ0n) is 10.0. The van der Waals surface area contributed by atoms with Crippen LogP contribution in [0.2, 0.25) is 0 Å². The van der Waals surface area contributed by atoms with Crippen LogP contribution in [-0.4, -0.2) is 67.7 Å². The molecule has 1 aliphatic rings. The molecule has 0 aromatic heterocycles. The first-order chi connectivity index (χ1) is 7.83. The summed E-state index contributed by atoms with van der Waals surface area (Å²) in [5.74, 6) is -0.0639. The summed E-state index contributed by atoms with van der Waals surface area (Å²) in [4.78, 5) is 14.5. The second-order valence-electron chi connectivity index (χ2n) is 4.30. The summed E-state index contributed by atoms with van der Waals surface area (Å²) in [5, 5.41) is 2.74.